The first-order valence-corrected chi connectivity index (χ1v) is 7.21. The van der Waals surface area contributed by atoms with Crippen LogP contribution in [0, 0.1) is 0 Å². The average molecular weight is 289 g/mol. The lowest BCUT2D eigenvalue weighted by Gasteiger charge is -2.06. The zero-order valence-electron chi connectivity index (χ0n) is 11.3. The minimum atomic E-state index is 0.804. The molecule has 0 aliphatic heterocycles. The van der Waals surface area contributed by atoms with E-state index < -0.39 is 0 Å². The molecule has 0 spiro atoms. The highest BCUT2D eigenvalue weighted by molar-refractivity contribution is 7.99. The topological polar surface area (TPSA) is 73.5 Å². The van der Waals surface area contributed by atoms with Crippen LogP contribution in [0.1, 0.15) is 0 Å². The Morgan fingerprint density at radius 3 is 2.95 bits per heavy atom. The van der Waals surface area contributed by atoms with E-state index in [0.29, 0.717) is 0 Å². The van der Waals surface area contributed by atoms with Crippen molar-refractivity contribution in [1.82, 2.24) is 29.3 Å². The summed E-state index contributed by atoms with van der Waals surface area (Å²) < 4.78 is 3.75. The number of nitrogens with one attached hydrogen (secondary N) is 1. The molecule has 0 saturated carbocycles. The molecule has 0 amide bonds. The highest BCUT2D eigenvalue weighted by Gasteiger charge is 2.07. The second-order valence-electron chi connectivity index (χ2n) is 4.32. The number of nitrogens with zero attached hydrogens (tertiary/aromatic N) is 6. The van der Waals surface area contributed by atoms with Gasteiger partial charge in [-0.25, -0.2) is 15.0 Å². The molecule has 0 bridgehead atoms. The Hall–Kier alpha value is -2.09. The normalized spacial score (nSPS) is 11.1. The number of hydrogen-bond acceptors (Lipinski definition) is 6. The summed E-state index contributed by atoms with van der Waals surface area (Å²) in [5.74, 6) is 1.74. The highest BCUT2D eigenvalue weighted by Crippen LogP contribution is 2.18. The Morgan fingerprint density at radius 2 is 2.15 bits per heavy atom. The van der Waals surface area contributed by atoms with Crippen molar-refractivity contribution in [1.29, 1.82) is 0 Å². The summed E-state index contributed by atoms with van der Waals surface area (Å²) in [6, 6.07) is 0. The van der Waals surface area contributed by atoms with E-state index in [1.54, 1.807) is 35.2 Å². The van der Waals surface area contributed by atoms with E-state index in [1.807, 2.05) is 24.9 Å². The van der Waals surface area contributed by atoms with Gasteiger partial charge in [-0.05, 0) is 0 Å². The minimum absolute atomic E-state index is 0.804. The van der Waals surface area contributed by atoms with Crippen molar-refractivity contribution in [3.05, 3.63) is 24.9 Å². The average Bonchev–Trinajstić information content (AvgIpc) is 3.03. The van der Waals surface area contributed by atoms with Crippen molar-refractivity contribution in [3.63, 3.8) is 0 Å². The second-order valence-corrected chi connectivity index (χ2v) is 5.39. The third-order valence-electron chi connectivity index (χ3n) is 2.93. The number of fused-ring (bicyclic) bond motifs is 1. The number of hydrogen-bond donors (Lipinski definition) is 1. The SMILES string of the molecule is Cn1ccnc1SCCNc1ncnc2c1cnn2C. The third kappa shape index (κ3) is 2.46. The number of aryl methyl sites for hydroxylation is 2. The summed E-state index contributed by atoms with van der Waals surface area (Å²) in [6.07, 6.45) is 7.08. The van der Waals surface area contributed by atoms with Gasteiger partial charge >= 0.3 is 0 Å². The van der Waals surface area contributed by atoms with Crippen LogP contribution in [0.15, 0.2) is 30.1 Å². The molecule has 0 fully saturated rings. The van der Waals surface area contributed by atoms with E-state index in [0.717, 1.165) is 34.3 Å². The standard InChI is InChI=1S/C12H15N7S/c1-18-5-3-14-12(18)20-6-4-13-10-9-7-17-19(2)11(9)16-8-15-10/h3,5,7-8H,4,6H2,1-2H3,(H,13,15,16). The Bertz CT molecular complexity index is 717. The summed E-state index contributed by atoms with van der Waals surface area (Å²) in [5.41, 5.74) is 0.833. The molecule has 20 heavy (non-hydrogen) atoms. The van der Waals surface area contributed by atoms with Gasteiger partial charge in [0, 0.05) is 38.8 Å². The molecule has 104 valence electrons. The first kappa shape index (κ1) is 12.9. The van der Waals surface area contributed by atoms with Crippen molar-refractivity contribution in [2.45, 2.75) is 5.16 Å². The van der Waals surface area contributed by atoms with Crippen molar-refractivity contribution < 1.29 is 0 Å². The van der Waals surface area contributed by atoms with Crippen molar-refractivity contribution in [2.24, 2.45) is 14.1 Å². The molecule has 8 heteroatoms. The van der Waals surface area contributed by atoms with Gasteiger partial charge in [-0.2, -0.15) is 5.10 Å². The van der Waals surface area contributed by atoms with Gasteiger partial charge in [0.05, 0.1) is 11.6 Å². The molecule has 0 aromatic carbocycles. The fourth-order valence-corrected chi connectivity index (χ4v) is 2.69. The maximum atomic E-state index is 4.27. The maximum absolute atomic E-state index is 4.27. The molecule has 3 aromatic rings. The zero-order chi connectivity index (χ0) is 13.9. The number of imidazole rings is 1. The molecule has 0 unspecified atom stereocenters. The number of aromatic nitrogens is 6. The number of rotatable bonds is 5. The first-order valence-electron chi connectivity index (χ1n) is 6.22. The minimum Gasteiger partial charge on any atom is -0.369 e. The smallest absolute Gasteiger partial charge is 0.167 e. The molecular weight excluding hydrogens is 274 g/mol. The largest absolute Gasteiger partial charge is 0.369 e. The van der Waals surface area contributed by atoms with Crippen LogP contribution in [0.4, 0.5) is 5.82 Å². The summed E-state index contributed by atoms with van der Waals surface area (Å²) in [7, 11) is 3.86. The van der Waals surface area contributed by atoms with Crippen LogP contribution >= 0.6 is 11.8 Å². The van der Waals surface area contributed by atoms with Gasteiger partial charge in [-0.3, -0.25) is 4.68 Å². The predicted molar refractivity (Wildman–Crippen MR) is 78.7 cm³/mol. The fourth-order valence-electron chi connectivity index (χ4n) is 1.91. The van der Waals surface area contributed by atoms with E-state index in [1.165, 1.54) is 0 Å². The zero-order valence-corrected chi connectivity index (χ0v) is 12.1. The molecule has 0 aliphatic carbocycles. The molecule has 3 heterocycles. The second kappa shape index (κ2) is 5.49. The summed E-state index contributed by atoms with van der Waals surface area (Å²) in [6.45, 7) is 0.804. The van der Waals surface area contributed by atoms with E-state index >= 15 is 0 Å². The highest BCUT2D eigenvalue weighted by atomic mass is 32.2. The van der Waals surface area contributed by atoms with Gasteiger partial charge in [0.25, 0.3) is 0 Å². The van der Waals surface area contributed by atoms with Gasteiger partial charge in [0.2, 0.25) is 0 Å². The Morgan fingerprint density at radius 1 is 1.25 bits per heavy atom. The first-order chi connectivity index (χ1) is 9.75. The molecule has 1 N–H and O–H groups in total. The van der Waals surface area contributed by atoms with Gasteiger partial charge in [-0.1, -0.05) is 11.8 Å². The molecule has 3 aromatic heterocycles. The monoisotopic (exact) mass is 289 g/mol. The van der Waals surface area contributed by atoms with E-state index in [9.17, 15) is 0 Å². The summed E-state index contributed by atoms with van der Waals surface area (Å²) in [5, 5.41) is 9.47. The van der Waals surface area contributed by atoms with Crippen LogP contribution < -0.4 is 5.32 Å². The van der Waals surface area contributed by atoms with Gasteiger partial charge in [0.1, 0.15) is 12.1 Å². The van der Waals surface area contributed by atoms with Gasteiger partial charge < -0.3 is 9.88 Å². The van der Waals surface area contributed by atoms with Crippen LogP contribution in [0.2, 0.25) is 0 Å². The van der Waals surface area contributed by atoms with Crippen LogP contribution in [-0.2, 0) is 14.1 Å². The lowest BCUT2D eigenvalue weighted by atomic mass is 10.4. The Kier molecular flexibility index (Phi) is 3.55. The Balaban J connectivity index is 1.61. The molecule has 0 atom stereocenters. The van der Waals surface area contributed by atoms with Crippen molar-refractivity contribution >= 4 is 28.6 Å². The van der Waals surface area contributed by atoms with Crippen LogP contribution in [0.5, 0.6) is 0 Å². The van der Waals surface area contributed by atoms with Crippen molar-refractivity contribution in [2.75, 3.05) is 17.6 Å². The van der Waals surface area contributed by atoms with Crippen LogP contribution in [0.25, 0.3) is 11.0 Å². The third-order valence-corrected chi connectivity index (χ3v) is 3.99. The van der Waals surface area contributed by atoms with E-state index in [2.05, 4.69) is 25.4 Å². The lowest BCUT2D eigenvalue weighted by molar-refractivity contribution is 0.785. The van der Waals surface area contributed by atoms with Crippen molar-refractivity contribution in [3.8, 4) is 0 Å². The molecule has 3 rings (SSSR count). The predicted octanol–water partition coefficient (Wildman–Crippen LogP) is 1.30. The molecule has 0 saturated heterocycles. The Labute approximate surface area is 120 Å². The number of thioether (sulfide) groups is 1. The van der Waals surface area contributed by atoms with E-state index in [4.69, 9.17) is 0 Å². The molecule has 0 aliphatic rings. The van der Waals surface area contributed by atoms with Gasteiger partial charge in [0.15, 0.2) is 10.8 Å². The number of anilines is 1. The fraction of sp³-hybridized carbons (Fsp3) is 0.333. The quantitative estimate of drug-likeness (QED) is 0.564. The summed E-state index contributed by atoms with van der Waals surface area (Å²) >= 11 is 1.71. The lowest BCUT2D eigenvalue weighted by Crippen LogP contribution is -2.07. The van der Waals surface area contributed by atoms with Crippen LogP contribution in [0.3, 0.4) is 0 Å². The summed E-state index contributed by atoms with van der Waals surface area (Å²) in [4.78, 5) is 12.8. The maximum Gasteiger partial charge on any atom is 0.167 e. The molecular formula is C12H15N7S. The van der Waals surface area contributed by atoms with Gasteiger partial charge in [-0.15, -0.1) is 0 Å². The van der Waals surface area contributed by atoms with Crippen LogP contribution in [-0.4, -0.2) is 41.6 Å². The molecule has 7 nitrogen and oxygen atoms in total. The molecule has 0 radical (unpaired) electrons. The van der Waals surface area contributed by atoms with E-state index in [-0.39, 0.29) is 0 Å².